The molecule has 156 valence electrons. The standard InChI is InChI=1S/C18H17Cl3N2O5S/c1-9(13-5-4-12(19)8-15(13)21)23-17(24)10(2)28-18(25)11-3-6-14(20)16(7-11)29(22,26)27/h3-10H,1-2H3,(H,23,24)(H2,22,26,27)/t9-,10+/m1/s1. The molecule has 0 saturated carbocycles. The van der Waals surface area contributed by atoms with Crippen LogP contribution < -0.4 is 10.5 Å². The maximum Gasteiger partial charge on any atom is 0.338 e. The zero-order valence-electron chi connectivity index (χ0n) is 15.3. The van der Waals surface area contributed by atoms with Crippen LogP contribution in [0.5, 0.6) is 0 Å². The Morgan fingerprint density at radius 1 is 1.03 bits per heavy atom. The van der Waals surface area contributed by atoms with Crippen LogP contribution in [-0.2, 0) is 19.6 Å². The zero-order chi connectivity index (χ0) is 21.9. The molecule has 0 radical (unpaired) electrons. The highest BCUT2D eigenvalue weighted by atomic mass is 35.5. The molecular weight excluding hydrogens is 463 g/mol. The maximum absolute atomic E-state index is 12.4. The van der Waals surface area contributed by atoms with Gasteiger partial charge in [-0.05, 0) is 49.7 Å². The van der Waals surface area contributed by atoms with Crippen molar-refractivity contribution in [3.8, 4) is 0 Å². The van der Waals surface area contributed by atoms with E-state index in [4.69, 9.17) is 44.7 Å². The summed E-state index contributed by atoms with van der Waals surface area (Å²) in [6.07, 6.45) is -1.16. The minimum absolute atomic E-state index is 0.119. The van der Waals surface area contributed by atoms with Crippen molar-refractivity contribution in [2.24, 2.45) is 5.14 Å². The van der Waals surface area contributed by atoms with Gasteiger partial charge in [0, 0.05) is 10.0 Å². The number of carbonyl (C=O) groups is 2. The van der Waals surface area contributed by atoms with E-state index in [1.165, 1.54) is 19.1 Å². The molecule has 0 aliphatic heterocycles. The number of nitrogens with two attached hydrogens (primary N) is 1. The quantitative estimate of drug-likeness (QED) is 0.613. The van der Waals surface area contributed by atoms with E-state index in [1.54, 1.807) is 25.1 Å². The van der Waals surface area contributed by atoms with Gasteiger partial charge in [-0.2, -0.15) is 0 Å². The van der Waals surface area contributed by atoms with Crippen molar-refractivity contribution in [1.82, 2.24) is 5.32 Å². The average Bonchev–Trinajstić information content (AvgIpc) is 2.60. The van der Waals surface area contributed by atoms with Crippen LogP contribution in [0.25, 0.3) is 0 Å². The van der Waals surface area contributed by atoms with Crippen LogP contribution in [0.4, 0.5) is 0 Å². The number of halogens is 3. The summed E-state index contributed by atoms with van der Waals surface area (Å²) in [6, 6.07) is 7.84. The fraction of sp³-hybridized carbons (Fsp3) is 0.222. The maximum atomic E-state index is 12.4. The van der Waals surface area contributed by atoms with Crippen molar-refractivity contribution in [3.63, 3.8) is 0 Å². The molecule has 2 aromatic rings. The van der Waals surface area contributed by atoms with Crippen LogP contribution >= 0.6 is 34.8 Å². The van der Waals surface area contributed by atoms with E-state index < -0.39 is 38.9 Å². The Morgan fingerprint density at radius 3 is 2.28 bits per heavy atom. The average molecular weight is 480 g/mol. The first-order valence-corrected chi connectivity index (χ1v) is 10.9. The van der Waals surface area contributed by atoms with Gasteiger partial charge in [0.25, 0.3) is 5.91 Å². The number of rotatable bonds is 6. The number of sulfonamides is 1. The van der Waals surface area contributed by atoms with Crippen molar-refractivity contribution >= 4 is 56.7 Å². The Balaban J connectivity index is 2.08. The molecule has 7 nitrogen and oxygen atoms in total. The summed E-state index contributed by atoms with van der Waals surface area (Å²) >= 11 is 17.8. The Kier molecular flexibility index (Phi) is 7.53. The summed E-state index contributed by atoms with van der Waals surface area (Å²) in [5, 5.41) is 8.44. The van der Waals surface area contributed by atoms with Gasteiger partial charge in [-0.15, -0.1) is 0 Å². The first kappa shape index (κ1) is 23.4. The number of carbonyl (C=O) groups excluding carboxylic acids is 2. The first-order chi connectivity index (χ1) is 13.4. The summed E-state index contributed by atoms with van der Waals surface area (Å²) in [5.74, 6) is -1.48. The molecule has 29 heavy (non-hydrogen) atoms. The summed E-state index contributed by atoms with van der Waals surface area (Å²) in [7, 11) is -4.13. The number of nitrogens with one attached hydrogen (secondary N) is 1. The molecule has 0 heterocycles. The molecule has 0 spiro atoms. The smallest absolute Gasteiger partial charge is 0.338 e. The van der Waals surface area contributed by atoms with E-state index >= 15 is 0 Å². The summed E-state index contributed by atoms with van der Waals surface area (Å²) < 4.78 is 28.2. The Labute approximate surface area is 183 Å². The minimum Gasteiger partial charge on any atom is -0.449 e. The van der Waals surface area contributed by atoms with Crippen LogP contribution in [0, 0.1) is 0 Å². The van der Waals surface area contributed by atoms with E-state index in [0.29, 0.717) is 15.6 Å². The number of esters is 1. The summed E-state index contributed by atoms with van der Waals surface area (Å²) in [4.78, 5) is 24.2. The van der Waals surface area contributed by atoms with Crippen LogP contribution in [0.1, 0.15) is 35.8 Å². The number of ether oxygens (including phenoxy) is 1. The van der Waals surface area contributed by atoms with Gasteiger partial charge < -0.3 is 10.1 Å². The number of hydrogen-bond acceptors (Lipinski definition) is 5. The van der Waals surface area contributed by atoms with Gasteiger partial charge in [-0.3, -0.25) is 4.79 Å². The van der Waals surface area contributed by atoms with Crippen molar-refractivity contribution < 1.29 is 22.7 Å². The molecule has 0 unspecified atom stereocenters. The second kappa shape index (κ2) is 9.32. The normalized spacial score (nSPS) is 13.4. The highest BCUT2D eigenvalue weighted by Crippen LogP contribution is 2.26. The third-order valence-corrected chi connectivity index (χ3v) is 5.87. The molecule has 0 aliphatic rings. The second-order valence-electron chi connectivity index (χ2n) is 6.13. The summed E-state index contributed by atoms with van der Waals surface area (Å²) in [6.45, 7) is 3.08. The lowest BCUT2D eigenvalue weighted by Crippen LogP contribution is -2.37. The van der Waals surface area contributed by atoms with Gasteiger partial charge in [0.1, 0.15) is 4.90 Å². The van der Waals surface area contributed by atoms with Crippen molar-refractivity contribution in [3.05, 3.63) is 62.6 Å². The molecule has 3 N–H and O–H groups in total. The van der Waals surface area contributed by atoms with E-state index in [1.807, 2.05) is 0 Å². The number of benzene rings is 2. The lowest BCUT2D eigenvalue weighted by molar-refractivity contribution is -0.129. The van der Waals surface area contributed by atoms with Gasteiger partial charge in [0.05, 0.1) is 16.6 Å². The molecule has 0 fully saturated rings. The molecular formula is C18H17Cl3N2O5S. The summed E-state index contributed by atoms with van der Waals surface area (Å²) in [5.41, 5.74) is 0.519. The Morgan fingerprint density at radius 2 is 1.69 bits per heavy atom. The predicted molar refractivity (Wildman–Crippen MR) is 111 cm³/mol. The van der Waals surface area contributed by atoms with Gasteiger partial charge in [0.2, 0.25) is 10.0 Å². The molecule has 0 saturated heterocycles. The lowest BCUT2D eigenvalue weighted by atomic mass is 10.1. The number of amides is 1. The van der Waals surface area contributed by atoms with E-state index in [9.17, 15) is 18.0 Å². The Hall–Kier alpha value is -1.84. The molecule has 2 rings (SSSR count). The van der Waals surface area contributed by atoms with Crippen LogP contribution in [0.3, 0.4) is 0 Å². The monoisotopic (exact) mass is 478 g/mol. The van der Waals surface area contributed by atoms with Crippen molar-refractivity contribution in [1.29, 1.82) is 0 Å². The van der Waals surface area contributed by atoms with Crippen molar-refractivity contribution in [2.45, 2.75) is 30.9 Å². The fourth-order valence-corrected chi connectivity index (χ4v) is 4.04. The highest BCUT2D eigenvalue weighted by Gasteiger charge is 2.23. The topological polar surface area (TPSA) is 116 Å². The highest BCUT2D eigenvalue weighted by molar-refractivity contribution is 7.89. The van der Waals surface area contributed by atoms with Gasteiger partial charge >= 0.3 is 5.97 Å². The Bertz CT molecular complexity index is 1060. The van der Waals surface area contributed by atoms with E-state index in [-0.39, 0.29) is 10.6 Å². The third-order valence-electron chi connectivity index (χ3n) is 3.91. The SMILES string of the molecule is C[C@H](OC(=O)c1ccc(Cl)c(S(N)(=O)=O)c1)C(=O)N[C@H](C)c1ccc(Cl)cc1Cl. The van der Waals surface area contributed by atoms with Crippen molar-refractivity contribution in [2.75, 3.05) is 0 Å². The fourth-order valence-electron chi connectivity index (χ4n) is 2.39. The van der Waals surface area contributed by atoms with Gasteiger partial charge in [0.15, 0.2) is 6.10 Å². The molecule has 0 bridgehead atoms. The minimum atomic E-state index is -4.13. The molecule has 2 atom stereocenters. The number of primary sulfonamides is 1. The number of hydrogen-bond donors (Lipinski definition) is 2. The predicted octanol–water partition coefficient (Wildman–Crippen LogP) is 3.72. The second-order valence-corrected chi connectivity index (χ2v) is 8.91. The molecule has 1 amide bonds. The van der Waals surface area contributed by atoms with Crippen LogP contribution in [0.15, 0.2) is 41.3 Å². The van der Waals surface area contributed by atoms with E-state index in [0.717, 1.165) is 6.07 Å². The molecule has 11 heteroatoms. The van der Waals surface area contributed by atoms with Crippen LogP contribution in [-0.4, -0.2) is 26.4 Å². The lowest BCUT2D eigenvalue weighted by Gasteiger charge is -2.19. The largest absolute Gasteiger partial charge is 0.449 e. The third kappa shape index (κ3) is 6.07. The first-order valence-electron chi connectivity index (χ1n) is 8.18. The van der Waals surface area contributed by atoms with Gasteiger partial charge in [-0.25, -0.2) is 18.4 Å². The molecule has 0 aliphatic carbocycles. The van der Waals surface area contributed by atoms with Gasteiger partial charge in [-0.1, -0.05) is 40.9 Å². The molecule has 2 aromatic carbocycles. The van der Waals surface area contributed by atoms with E-state index in [2.05, 4.69) is 5.32 Å². The molecule has 0 aromatic heterocycles. The van der Waals surface area contributed by atoms with Crippen LogP contribution in [0.2, 0.25) is 15.1 Å². The zero-order valence-corrected chi connectivity index (χ0v) is 18.4.